The van der Waals surface area contributed by atoms with Crippen molar-refractivity contribution in [3.05, 3.63) is 28.2 Å². The van der Waals surface area contributed by atoms with Gasteiger partial charge in [0.2, 0.25) is 10.0 Å². The van der Waals surface area contributed by atoms with E-state index in [-0.39, 0.29) is 5.75 Å². The van der Waals surface area contributed by atoms with Gasteiger partial charge in [-0.05, 0) is 25.0 Å². The quantitative estimate of drug-likeness (QED) is 0.746. The first-order chi connectivity index (χ1) is 8.90. The molecule has 0 aromatic heterocycles. The van der Waals surface area contributed by atoms with Crippen LogP contribution >= 0.6 is 23.2 Å². The van der Waals surface area contributed by atoms with Crippen molar-refractivity contribution in [2.45, 2.75) is 25.7 Å². The van der Waals surface area contributed by atoms with Gasteiger partial charge >= 0.3 is 0 Å². The molecule has 0 atom stereocenters. The fraction of sp³-hybridized carbons (Fsp3) is 0.500. The van der Waals surface area contributed by atoms with E-state index < -0.39 is 10.0 Å². The minimum absolute atomic E-state index is 0.0357. The molecule has 0 fully saturated rings. The van der Waals surface area contributed by atoms with Gasteiger partial charge in [0.25, 0.3) is 0 Å². The fourth-order valence-corrected chi connectivity index (χ4v) is 2.49. The number of hydrogen-bond donors (Lipinski definition) is 1. The van der Waals surface area contributed by atoms with Crippen molar-refractivity contribution in [3.8, 4) is 5.75 Å². The number of ether oxygens (including phenoxy) is 1. The highest BCUT2D eigenvalue weighted by Crippen LogP contribution is 2.31. The Morgan fingerprint density at radius 3 is 2.47 bits per heavy atom. The number of nitrogens with two attached hydrogens (primary N) is 1. The second kappa shape index (κ2) is 7.94. The summed E-state index contributed by atoms with van der Waals surface area (Å²) in [6, 6.07) is 5.23. The highest BCUT2D eigenvalue weighted by atomic mass is 35.5. The van der Waals surface area contributed by atoms with Crippen molar-refractivity contribution in [1.82, 2.24) is 0 Å². The predicted molar refractivity (Wildman–Crippen MR) is 78.4 cm³/mol. The molecule has 4 nitrogen and oxygen atoms in total. The van der Waals surface area contributed by atoms with Gasteiger partial charge in [0.1, 0.15) is 10.8 Å². The number of sulfonamides is 1. The van der Waals surface area contributed by atoms with Crippen LogP contribution < -0.4 is 9.88 Å². The fourth-order valence-electron chi connectivity index (χ4n) is 1.54. The van der Waals surface area contributed by atoms with Gasteiger partial charge in [0.05, 0.1) is 17.4 Å². The van der Waals surface area contributed by atoms with Crippen molar-refractivity contribution in [1.29, 1.82) is 0 Å². The number of unbranched alkanes of at least 4 members (excludes halogenated alkanes) is 3. The highest BCUT2D eigenvalue weighted by molar-refractivity contribution is 7.89. The SMILES string of the molecule is NS(=O)(=O)CCCCCCOc1cccc(Cl)c1Cl. The first-order valence-electron chi connectivity index (χ1n) is 5.97. The lowest BCUT2D eigenvalue weighted by molar-refractivity contribution is 0.305. The minimum atomic E-state index is -3.33. The van der Waals surface area contributed by atoms with E-state index in [1.165, 1.54) is 0 Å². The Bertz CT molecular complexity index is 506. The Kier molecular flexibility index (Phi) is 6.93. The number of halogens is 2. The predicted octanol–water partition coefficient (Wildman–Crippen LogP) is 3.22. The van der Waals surface area contributed by atoms with Crippen LogP contribution in [0.4, 0.5) is 0 Å². The third-order valence-corrected chi connectivity index (χ3v) is 4.16. The lowest BCUT2D eigenvalue weighted by atomic mass is 10.2. The van der Waals surface area contributed by atoms with Gasteiger partial charge in [-0.1, -0.05) is 42.1 Å². The summed E-state index contributed by atoms with van der Waals surface area (Å²) in [5, 5.41) is 5.78. The average molecular weight is 326 g/mol. The van der Waals surface area contributed by atoms with Crippen LogP contribution in [0.15, 0.2) is 18.2 Å². The Hall–Kier alpha value is -0.490. The molecule has 0 spiro atoms. The molecule has 0 heterocycles. The summed E-state index contributed by atoms with van der Waals surface area (Å²) in [7, 11) is -3.33. The van der Waals surface area contributed by atoms with Crippen LogP contribution in [0.3, 0.4) is 0 Å². The number of primary sulfonamides is 1. The Morgan fingerprint density at radius 1 is 1.11 bits per heavy atom. The lowest BCUT2D eigenvalue weighted by Gasteiger charge is -2.08. The molecular formula is C12H17Cl2NO3S. The van der Waals surface area contributed by atoms with Gasteiger partial charge in [-0.25, -0.2) is 13.6 Å². The Balaban J connectivity index is 2.16. The normalized spacial score (nSPS) is 11.5. The number of hydrogen-bond acceptors (Lipinski definition) is 3. The maximum Gasteiger partial charge on any atom is 0.209 e. The molecule has 0 unspecified atom stereocenters. The van der Waals surface area contributed by atoms with Gasteiger partial charge in [-0.15, -0.1) is 0 Å². The molecule has 19 heavy (non-hydrogen) atoms. The molecule has 1 aromatic carbocycles. The van der Waals surface area contributed by atoms with Crippen LogP contribution in [-0.4, -0.2) is 20.8 Å². The zero-order valence-corrected chi connectivity index (χ0v) is 12.8. The molecule has 0 aliphatic carbocycles. The summed E-state index contributed by atoms with van der Waals surface area (Å²) >= 11 is 11.8. The molecular weight excluding hydrogens is 309 g/mol. The van der Waals surface area contributed by atoms with Crippen LogP contribution in [-0.2, 0) is 10.0 Å². The second-order valence-corrected chi connectivity index (χ2v) is 6.70. The van der Waals surface area contributed by atoms with Crippen LogP contribution in [0.5, 0.6) is 5.75 Å². The third-order valence-electron chi connectivity index (χ3n) is 2.50. The van der Waals surface area contributed by atoms with Crippen molar-refractivity contribution >= 4 is 33.2 Å². The smallest absolute Gasteiger partial charge is 0.209 e. The zero-order chi connectivity index (χ0) is 14.3. The van der Waals surface area contributed by atoms with Crippen LogP contribution in [0, 0.1) is 0 Å². The summed E-state index contributed by atoms with van der Waals surface area (Å²) in [4.78, 5) is 0. The maximum atomic E-state index is 10.7. The largest absolute Gasteiger partial charge is 0.492 e. The molecule has 0 bridgehead atoms. The molecule has 0 saturated heterocycles. The summed E-state index contributed by atoms with van der Waals surface area (Å²) in [5.74, 6) is 0.604. The van der Waals surface area contributed by atoms with Crippen LogP contribution in [0.2, 0.25) is 10.0 Å². The third kappa shape index (κ3) is 7.01. The van der Waals surface area contributed by atoms with Crippen molar-refractivity contribution in [2.75, 3.05) is 12.4 Å². The van der Waals surface area contributed by atoms with Gasteiger partial charge in [-0.3, -0.25) is 0 Å². The van der Waals surface area contributed by atoms with Crippen LogP contribution in [0.25, 0.3) is 0 Å². The molecule has 1 rings (SSSR count). The monoisotopic (exact) mass is 325 g/mol. The summed E-state index contributed by atoms with van der Waals surface area (Å²) in [6.45, 7) is 0.523. The lowest BCUT2D eigenvalue weighted by Crippen LogP contribution is -2.16. The topological polar surface area (TPSA) is 69.4 Å². The minimum Gasteiger partial charge on any atom is -0.492 e. The van der Waals surface area contributed by atoms with Crippen molar-refractivity contribution in [3.63, 3.8) is 0 Å². The zero-order valence-electron chi connectivity index (χ0n) is 10.4. The molecule has 2 N–H and O–H groups in total. The van der Waals surface area contributed by atoms with Gasteiger partial charge in [0, 0.05) is 0 Å². The summed E-state index contributed by atoms with van der Waals surface area (Å²) in [5.41, 5.74) is 0. The van der Waals surface area contributed by atoms with Crippen LogP contribution in [0.1, 0.15) is 25.7 Å². The van der Waals surface area contributed by atoms with Gasteiger partial charge < -0.3 is 4.74 Å². The molecule has 0 amide bonds. The van der Waals surface area contributed by atoms with Crippen molar-refractivity contribution < 1.29 is 13.2 Å². The van der Waals surface area contributed by atoms with E-state index in [0.717, 1.165) is 19.3 Å². The van der Waals surface area contributed by atoms with Gasteiger partial charge in [0.15, 0.2) is 0 Å². The maximum absolute atomic E-state index is 10.7. The van der Waals surface area contributed by atoms with E-state index in [1.807, 2.05) is 0 Å². The molecule has 7 heteroatoms. The molecule has 108 valence electrons. The van der Waals surface area contributed by atoms with Crippen molar-refractivity contribution in [2.24, 2.45) is 5.14 Å². The summed E-state index contributed by atoms with van der Waals surface area (Å²) in [6.07, 6.45) is 3.10. The number of benzene rings is 1. The standard InChI is InChI=1S/C12H17Cl2NO3S/c13-10-6-5-7-11(12(10)14)18-8-3-1-2-4-9-19(15,16)17/h5-7H,1-4,8-9H2,(H2,15,16,17). The Labute approximate surface area is 123 Å². The van der Waals surface area contributed by atoms with E-state index in [0.29, 0.717) is 28.8 Å². The molecule has 0 aliphatic heterocycles. The molecule has 1 aromatic rings. The van der Waals surface area contributed by atoms with E-state index in [1.54, 1.807) is 18.2 Å². The summed E-state index contributed by atoms with van der Waals surface area (Å²) < 4.78 is 26.9. The van der Waals surface area contributed by atoms with E-state index in [4.69, 9.17) is 33.1 Å². The first kappa shape index (κ1) is 16.6. The van der Waals surface area contributed by atoms with Gasteiger partial charge in [-0.2, -0.15) is 0 Å². The molecule has 0 saturated carbocycles. The van der Waals surface area contributed by atoms with E-state index in [9.17, 15) is 8.42 Å². The van der Waals surface area contributed by atoms with E-state index >= 15 is 0 Å². The first-order valence-corrected chi connectivity index (χ1v) is 8.44. The Morgan fingerprint density at radius 2 is 1.79 bits per heavy atom. The number of rotatable bonds is 8. The average Bonchev–Trinajstić information content (AvgIpc) is 2.31. The molecule has 0 aliphatic rings. The highest BCUT2D eigenvalue weighted by Gasteiger charge is 2.05. The second-order valence-electron chi connectivity index (χ2n) is 4.18. The molecule has 0 radical (unpaired) electrons. The van der Waals surface area contributed by atoms with E-state index in [2.05, 4.69) is 0 Å².